The molecule has 0 amide bonds. The maximum atomic E-state index is 10.7. The molecule has 0 aromatic heterocycles. The average Bonchev–Trinajstić information content (AvgIpc) is 2.15. The van der Waals surface area contributed by atoms with E-state index in [2.05, 4.69) is 0 Å². The van der Waals surface area contributed by atoms with Crippen molar-refractivity contribution >= 4 is 81.2 Å². The van der Waals surface area contributed by atoms with Gasteiger partial charge in [-0.05, 0) is 18.2 Å². The first-order valence-electron chi connectivity index (χ1n) is 3.81. The molecule has 18 heavy (non-hydrogen) atoms. The van der Waals surface area contributed by atoms with Crippen LogP contribution in [0.15, 0.2) is 23.1 Å². The van der Waals surface area contributed by atoms with Crippen LogP contribution >= 0.6 is 0 Å². The van der Waals surface area contributed by atoms with Gasteiger partial charge >= 0.3 is 71.1 Å². The van der Waals surface area contributed by atoms with Crippen LogP contribution in [0.3, 0.4) is 0 Å². The Morgan fingerprint density at radius 2 is 1.39 bits per heavy atom. The van der Waals surface area contributed by atoms with Gasteiger partial charge in [0.2, 0.25) is 0 Å². The van der Waals surface area contributed by atoms with Crippen LogP contribution in [0, 0.1) is 0 Å². The van der Waals surface area contributed by atoms with Gasteiger partial charge in [0.25, 0.3) is 10.1 Å². The van der Waals surface area contributed by atoms with E-state index < -0.39 is 38.1 Å². The molecule has 3 N–H and O–H groups in total. The number of hydrogen-bond acceptors (Lipinski definition) is 4. The molecule has 0 saturated carbocycles. The number of carbonyl (C=O) groups is 2. The van der Waals surface area contributed by atoms with Crippen LogP contribution in [0.2, 0.25) is 0 Å². The summed E-state index contributed by atoms with van der Waals surface area (Å²) in [5.41, 5.74) is -1.26. The maximum absolute atomic E-state index is 10.7. The van der Waals surface area contributed by atoms with Crippen molar-refractivity contribution in [3.63, 3.8) is 0 Å². The summed E-state index contributed by atoms with van der Waals surface area (Å²) in [6, 6.07) is 2.20. The van der Waals surface area contributed by atoms with Gasteiger partial charge in [0, 0.05) is 0 Å². The number of carboxylic acids is 2. The van der Waals surface area contributed by atoms with E-state index in [1.807, 2.05) is 0 Å². The quantitative estimate of drug-likeness (QED) is 0.483. The molecule has 0 radical (unpaired) electrons. The molecule has 0 saturated heterocycles. The molecule has 1 rings (SSSR count). The summed E-state index contributed by atoms with van der Waals surface area (Å²) >= 11 is 0. The second-order valence-corrected chi connectivity index (χ2v) is 4.21. The van der Waals surface area contributed by atoms with E-state index in [9.17, 15) is 18.0 Å². The van der Waals surface area contributed by atoms with Crippen molar-refractivity contribution in [1.82, 2.24) is 0 Å². The van der Waals surface area contributed by atoms with Crippen LogP contribution in [-0.2, 0) is 10.1 Å². The Bertz CT molecular complexity index is 567. The zero-order valence-corrected chi connectivity index (χ0v) is 8.43. The number of aromatic carboxylic acids is 2. The fraction of sp³-hybridized carbons (Fsp3) is 0. The molecular formula is C8H8Na2O7S. The van der Waals surface area contributed by atoms with Gasteiger partial charge in [0.15, 0.2) is 0 Å². The predicted octanol–water partition coefficient (Wildman–Crippen LogP) is -0.967. The summed E-state index contributed by atoms with van der Waals surface area (Å²) in [4.78, 5) is 20.6. The van der Waals surface area contributed by atoms with Gasteiger partial charge in [0.1, 0.15) is 0 Å². The molecule has 0 unspecified atom stereocenters. The average molecular weight is 294 g/mol. The van der Waals surface area contributed by atoms with Gasteiger partial charge < -0.3 is 10.2 Å². The zero-order valence-electron chi connectivity index (χ0n) is 7.61. The van der Waals surface area contributed by atoms with E-state index in [-0.39, 0.29) is 59.1 Å². The molecule has 10 heteroatoms. The van der Waals surface area contributed by atoms with Crippen molar-refractivity contribution < 1.29 is 32.8 Å². The van der Waals surface area contributed by atoms with Crippen molar-refractivity contribution in [3.05, 3.63) is 29.3 Å². The van der Waals surface area contributed by atoms with Gasteiger partial charge in [-0.2, -0.15) is 8.42 Å². The summed E-state index contributed by atoms with van der Waals surface area (Å²) in [7, 11) is -4.56. The molecule has 0 spiro atoms. The first kappa shape index (κ1) is 20.4. The Hall–Kier alpha value is 0.0700. The van der Waals surface area contributed by atoms with Gasteiger partial charge in [-0.1, -0.05) is 0 Å². The van der Waals surface area contributed by atoms with Crippen molar-refractivity contribution in [2.45, 2.75) is 4.90 Å². The topological polar surface area (TPSA) is 129 Å². The Balaban J connectivity index is 0. The summed E-state index contributed by atoms with van der Waals surface area (Å²) in [5, 5.41) is 17.3. The molecule has 1 aromatic carbocycles. The molecule has 0 aliphatic heterocycles. The van der Waals surface area contributed by atoms with Gasteiger partial charge in [0.05, 0.1) is 16.0 Å². The number of hydrogen-bond donors (Lipinski definition) is 3. The second kappa shape index (κ2) is 7.61. The van der Waals surface area contributed by atoms with Gasteiger partial charge in [-0.3, -0.25) is 4.55 Å². The third-order valence-electron chi connectivity index (χ3n) is 1.75. The minimum absolute atomic E-state index is 0. The van der Waals surface area contributed by atoms with E-state index in [0.29, 0.717) is 6.07 Å². The number of rotatable bonds is 3. The standard InChI is InChI=1S/C8H6O7S.2Na.2H/c9-7(10)5-2-1-4(16(13,14)15)3-6(5)8(11)12;;;;/h1-3H,(H,9,10)(H,11,12)(H,13,14,15);;;;. The zero-order chi connectivity index (χ0) is 12.5. The Labute approximate surface area is 147 Å². The molecule has 0 aliphatic rings. The summed E-state index contributed by atoms with van der Waals surface area (Å²) < 4.78 is 30.1. The monoisotopic (exact) mass is 294 g/mol. The minimum atomic E-state index is -4.56. The molecule has 0 atom stereocenters. The summed E-state index contributed by atoms with van der Waals surface area (Å²) in [6.07, 6.45) is 0. The predicted molar refractivity (Wildman–Crippen MR) is 64.5 cm³/mol. The molecule has 0 fully saturated rings. The molecule has 90 valence electrons. The molecule has 7 nitrogen and oxygen atoms in total. The van der Waals surface area contributed by atoms with E-state index in [1.165, 1.54) is 0 Å². The first-order valence-corrected chi connectivity index (χ1v) is 5.25. The van der Waals surface area contributed by atoms with Crippen LogP contribution < -0.4 is 0 Å². The molecular weight excluding hydrogens is 286 g/mol. The SMILES string of the molecule is O=C(O)c1ccc(S(=O)(=O)O)cc1C(=O)O.[NaH].[NaH]. The van der Waals surface area contributed by atoms with Crippen LogP contribution in [0.25, 0.3) is 0 Å². The van der Waals surface area contributed by atoms with Crippen LogP contribution in [0.4, 0.5) is 0 Å². The van der Waals surface area contributed by atoms with E-state index >= 15 is 0 Å². The van der Waals surface area contributed by atoms with Crippen molar-refractivity contribution in [2.24, 2.45) is 0 Å². The Morgan fingerprint density at radius 3 is 1.72 bits per heavy atom. The molecule has 0 heterocycles. The van der Waals surface area contributed by atoms with Crippen molar-refractivity contribution in [3.8, 4) is 0 Å². The summed E-state index contributed by atoms with van der Waals surface area (Å²) in [5.74, 6) is -3.10. The van der Waals surface area contributed by atoms with Crippen molar-refractivity contribution in [2.75, 3.05) is 0 Å². The molecule has 1 aromatic rings. The van der Waals surface area contributed by atoms with Gasteiger partial charge in [-0.15, -0.1) is 0 Å². The first-order chi connectivity index (χ1) is 7.23. The van der Waals surface area contributed by atoms with E-state index in [0.717, 1.165) is 12.1 Å². The normalized spacial score (nSPS) is 9.83. The van der Waals surface area contributed by atoms with E-state index in [1.54, 1.807) is 0 Å². The Kier molecular flexibility index (Phi) is 8.62. The fourth-order valence-electron chi connectivity index (χ4n) is 1.05. The van der Waals surface area contributed by atoms with Crippen LogP contribution in [0.5, 0.6) is 0 Å². The van der Waals surface area contributed by atoms with E-state index in [4.69, 9.17) is 14.8 Å². The fourth-order valence-corrected chi connectivity index (χ4v) is 1.55. The second-order valence-electron chi connectivity index (χ2n) is 2.79. The third-order valence-corrected chi connectivity index (χ3v) is 2.60. The molecule has 0 bridgehead atoms. The van der Waals surface area contributed by atoms with Crippen LogP contribution in [0.1, 0.15) is 20.7 Å². The molecule has 0 aliphatic carbocycles. The third kappa shape index (κ3) is 4.98. The Morgan fingerprint density at radius 1 is 0.944 bits per heavy atom. The summed E-state index contributed by atoms with van der Waals surface area (Å²) in [6.45, 7) is 0. The van der Waals surface area contributed by atoms with Crippen LogP contribution in [-0.4, -0.2) is 94.2 Å². The number of carboxylic acid groups (broad SMARTS) is 2. The van der Waals surface area contributed by atoms with Crippen molar-refractivity contribution in [1.29, 1.82) is 0 Å². The van der Waals surface area contributed by atoms with Gasteiger partial charge in [-0.25, -0.2) is 9.59 Å². The number of benzene rings is 1.